The van der Waals surface area contributed by atoms with Gasteiger partial charge in [0.25, 0.3) is 0 Å². The quantitative estimate of drug-likeness (QED) is 0.559. The predicted octanol–water partition coefficient (Wildman–Crippen LogP) is -0.947. The highest BCUT2D eigenvalue weighted by Gasteiger charge is 2.41. The van der Waals surface area contributed by atoms with Gasteiger partial charge in [0.15, 0.2) is 0 Å². The molecule has 1 aliphatic rings. The molecule has 0 saturated heterocycles. The van der Waals surface area contributed by atoms with Gasteiger partial charge in [-0.25, -0.2) is 4.79 Å². The predicted molar refractivity (Wildman–Crippen MR) is 68.0 cm³/mol. The molecule has 0 bridgehead atoms. The Morgan fingerprint density at radius 2 is 1.79 bits per heavy atom. The lowest BCUT2D eigenvalue weighted by Gasteiger charge is -2.35. The zero-order valence-electron chi connectivity index (χ0n) is 11.2. The molecule has 7 nitrogen and oxygen atoms in total. The van der Waals surface area contributed by atoms with Crippen LogP contribution in [0.15, 0.2) is 0 Å². The fourth-order valence-corrected chi connectivity index (χ4v) is 2.29. The number of rotatable bonds is 5. The number of nitrogens with two attached hydrogens (primary N) is 1. The van der Waals surface area contributed by atoms with E-state index in [1.54, 1.807) is 0 Å². The van der Waals surface area contributed by atoms with Crippen LogP contribution in [0.2, 0.25) is 0 Å². The van der Waals surface area contributed by atoms with Crippen LogP contribution in [0.5, 0.6) is 0 Å². The van der Waals surface area contributed by atoms with Crippen LogP contribution >= 0.6 is 0 Å². The second-order valence-corrected chi connectivity index (χ2v) is 4.66. The number of hydrogen-bond acceptors (Lipinski definition) is 5. The molecule has 0 spiro atoms. The Bertz CT molecular complexity index is 351. The first kappa shape index (κ1) is 15.4. The van der Waals surface area contributed by atoms with Crippen LogP contribution in [0.4, 0.5) is 0 Å². The summed E-state index contributed by atoms with van der Waals surface area (Å²) in [6, 6.07) is 0. The highest BCUT2D eigenvalue weighted by atomic mass is 16.5. The number of carbonyl (C=O) groups excluding carboxylic acids is 3. The molecule has 0 heterocycles. The monoisotopic (exact) mass is 271 g/mol. The van der Waals surface area contributed by atoms with Crippen molar-refractivity contribution >= 4 is 17.8 Å². The minimum atomic E-state index is -0.947. The third kappa shape index (κ3) is 4.20. The molecule has 0 unspecified atom stereocenters. The molecule has 0 aromatic heterocycles. The Balaban J connectivity index is 2.59. The van der Waals surface area contributed by atoms with Crippen LogP contribution in [0.1, 0.15) is 32.1 Å². The van der Waals surface area contributed by atoms with Crippen molar-refractivity contribution in [1.29, 1.82) is 0 Å². The first-order valence-electron chi connectivity index (χ1n) is 6.40. The van der Waals surface area contributed by atoms with Crippen molar-refractivity contribution in [3.63, 3.8) is 0 Å². The van der Waals surface area contributed by atoms with E-state index >= 15 is 0 Å². The summed E-state index contributed by atoms with van der Waals surface area (Å²) in [5, 5.41) is 5.06. The average Bonchev–Trinajstić information content (AvgIpc) is 2.44. The van der Waals surface area contributed by atoms with E-state index < -0.39 is 23.3 Å². The molecule has 7 heteroatoms. The molecule has 1 rings (SSSR count). The van der Waals surface area contributed by atoms with Crippen molar-refractivity contribution in [3.8, 4) is 0 Å². The average molecular weight is 271 g/mol. The highest BCUT2D eigenvalue weighted by molar-refractivity contribution is 5.90. The second-order valence-electron chi connectivity index (χ2n) is 4.66. The number of ether oxygens (including phenoxy) is 1. The first-order valence-corrected chi connectivity index (χ1v) is 6.40. The van der Waals surface area contributed by atoms with Gasteiger partial charge in [-0.3, -0.25) is 9.59 Å². The lowest BCUT2D eigenvalue weighted by molar-refractivity contribution is -0.152. The van der Waals surface area contributed by atoms with Gasteiger partial charge in [0.05, 0.1) is 20.2 Å². The Labute approximate surface area is 112 Å². The van der Waals surface area contributed by atoms with Gasteiger partial charge >= 0.3 is 5.97 Å². The molecule has 0 aromatic carbocycles. The van der Waals surface area contributed by atoms with E-state index in [-0.39, 0.29) is 13.1 Å². The summed E-state index contributed by atoms with van der Waals surface area (Å²) in [7, 11) is 1.31. The van der Waals surface area contributed by atoms with E-state index in [0.717, 1.165) is 19.3 Å². The summed E-state index contributed by atoms with van der Waals surface area (Å²) in [5.41, 5.74) is 4.17. The van der Waals surface area contributed by atoms with Crippen molar-refractivity contribution in [1.82, 2.24) is 10.6 Å². The van der Waals surface area contributed by atoms with Crippen molar-refractivity contribution in [3.05, 3.63) is 0 Å². The van der Waals surface area contributed by atoms with Crippen molar-refractivity contribution in [2.75, 3.05) is 20.2 Å². The van der Waals surface area contributed by atoms with Gasteiger partial charge in [-0.2, -0.15) is 0 Å². The number of amides is 2. The molecule has 1 saturated carbocycles. The smallest absolute Gasteiger partial charge is 0.331 e. The van der Waals surface area contributed by atoms with Crippen molar-refractivity contribution < 1.29 is 19.1 Å². The summed E-state index contributed by atoms with van der Waals surface area (Å²) in [4.78, 5) is 34.6. The molecule has 0 atom stereocenters. The number of methoxy groups -OCH3 is 1. The van der Waals surface area contributed by atoms with Crippen molar-refractivity contribution in [2.45, 2.75) is 37.6 Å². The Kier molecular flexibility index (Phi) is 5.75. The molecule has 108 valence electrons. The van der Waals surface area contributed by atoms with Gasteiger partial charge < -0.3 is 21.1 Å². The van der Waals surface area contributed by atoms with Crippen LogP contribution in [-0.4, -0.2) is 43.5 Å². The highest BCUT2D eigenvalue weighted by Crippen LogP contribution is 2.29. The molecule has 19 heavy (non-hydrogen) atoms. The maximum Gasteiger partial charge on any atom is 0.331 e. The van der Waals surface area contributed by atoms with E-state index in [1.807, 2.05) is 0 Å². The van der Waals surface area contributed by atoms with Gasteiger partial charge in [0, 0.05) is 0 Å². The third-order valence-corrected chi connectivity index (χ3v) is 3.29. The standard InChI is InChI=1S/C12H21N3O4/c1-19-11(18)12(5-3-2-4-6-12)15-10(17)8-14-9(16)7-13/h2-8,13H2,1H3,(H,14,16)(H,15,17). The van der Waals surface area contributed by atoms with Crippen LogP contribution in [0, 0.1) is 0 Å². The summed E-state index contributed by atoms with van der Waals surface area (Å²) in [5.74, 6) is -1.24. The van der Waals surface area contributed by atoms with E-state index in [0.29, 0.717) is 12.8 Å². The molecule has 0 radical (unpaired) electrons. The van der Waals surface area contributed by atoms with Gasteiger partial charge in [-0.15, -0.1) is 0 Å². The lowest BCUT2D eigenvalue weighted by Crippen LogP contribution is -2.58. The second kappa shape index (κ2) is 7.08. The van der Waals surface area contributed by atoms with E-state index in [1.165, 1.54) is 7.11 Å². The van der Waals surface area contributed by atoms with Gasteiger partial charge in [-0.05, 0) is 12.8 Å². The SMILES string of the molecule is COC(=O)C1(NC(=O)CNC(=O)CN)CCCCC1. The third-order valence-electron chi connectivity index (χ3n) is 3.29. The number of hydrogen-bond donors (Lipinski definition) is 3. The molecule has 0 aromatic rings. The maximum absolute atomic E-state index is 11.9. The van der Waals surface area contributed by atoms with E-state index in [2.05, 4.69) is 10.6 Å². The summed E-state index contributed by atoms with van der Waals surface area (Å²) < 4.78 is 4.78. The van der Waals surface area contributed by atoms with Crippen LogP contribution in [0.25, 0.3) is 0 Å². The minimum Gasteiger partial charge on any atom is -0.467 e. The largest absolute Gasteiger partial charge is 0.467 e. The van der Waals surface area contributed by atoms with Crippen LogP contribution in [0.3, 0.4) is 0 Å². The van der Waals surface area contributed by atoms with Gasteiger partial charge in [0.2, 0.25) is 11.8 Å². The molecule has 0 aliphatic heterocycles. The fourth-order valence-electron chi connectivity index (χ4n) is 2.29. The lowest BCUT2D eigenvalue weighted by atomic mass is 9.81. The zero-order chi connectivity index (χ0) is 14.3. The Morgan fingerprint density at radius 1 is 1.16 bits per heavy atom. The Hall–Kier alpha value is -1.63. The zero-order valence-corrected chi connectivity index (χ0v) is 11.2. The Morgan fingerprint density at radius 3 is 2.32 bits per heavy atom. The topological polar surface area (TPSA) is 111 Å². The van der Waals surface area contributed by atoms with Crippen molar-refractivity contribution in [2.24, 2.45) is 5.73 Å². The van der Waals surface area contributed by atoms with Gasteiger partial charge in [-0.1, -0.05) is 19.3 Å². The molecular weight excluding hydrogens is 250 g/mol. The maximum atomic E-state index is 11.9. The number of esters is 1. The first-order chi connectivity index (χ1) is 9.04. The normalized spacial score (nSPS) is 17.4. The molecule has 1 aliphatic carbocycles. The summed E-state index contributed by atoms with van der Waals surface area (Å²) in [6.07, 6.45) is 3.90. The van der Waals surface area contributed by atoms with E-state index in [9.17, 15) is 14.4 Å². The fraction of sp³-hybridized carbons (Fsp3) is 0.750. The summed E-state index contributed by atoms with van der Waals surface area (Å²) >= 11 is 0. The molecule has 4 N–H and O–H groups in total. The molecule has 1 fully saturated rings. The minimum absolute atomic E-state index is 0.171. The molecular formula is C12H21N3O4. The molecule has 2 amide bonds. The van der Waals surface area contributed by atoms with Crippen LogP contribution < -0.4 is 16.4 Å². The van der Waals surface area contributed by atoms with E-state index in [4.69, 9.17) is 10.5 Å². The summed E-state index contributed by atoms with van der Waals surface area (Å²) in [6.45, 7) is -0.357. The van der Waals surface area contributed by atoms with Gasteiger partial charge in [0.1, 0.15) is 5.54 Å². The number of nitrogens with one attached hydrogen (secondary N) is 2. The van der Waals surface area contributed by atoms with Crippen LogP contribution in [-0.2, 0) is 19.1 Å². The number of carbonyl (C=O) groups is 3.